The average Bonchev–Trinajstić information content (AvgIpc) is 2.86. The van der Waals surface area contributed by atoms with E-state index in [9.17, 15) is 4.79 Å². The van der Waals surface area contributed by atoms with Crippen LogP contribution in [0.1, 0.15) is 55.1 Å². The lowest BCUT2D eigenvalue weighted by molar-refractivity contribution is 0.0600. The molecule has 0 aromatic carbocycles. The Morgan fingerprint density at radius 3 is 2.79 bits per heavy atom. The zero-order chi connectivity index (χ0) is 13.8. The molecular weight excluding hydrogens is 240 g/mol. The molecule has 4 nitrogen and oxygen atoms in total. The van der Waals surface area contributed by atoms with Crippen LogP contribution in [-0.4, -0.2) is 22.5 Å². The standard InChI is InChI=1S/C15H20N2O2/c1-4-6-11(5-2)13-10-17-9-12(15(18)19-3)7-8-14(17)16-13/h7-11H,4-6H2,1-3H3. The van der Waals surface area contributed by atoms with Crippen molar-refractivity contribution in [2.75, 3.05) is 7.11 Å². The van der Waals surface area contributed by atoms with E-state index >= 15 is 0 Å². The zero-order valence-corrected chi connectivity index (χ0v) is 11.7. The minimum atomic E-state index is -0.322. The predicted octanol–water partition coefficient (Wildman–Crippen LogP) is 3.41. The van der Waals surface area contributed by atoms with Crippen LogP contribution in [0.5, 0.6) is 0 Å². The van der Waals surface area contributed by atoms with Crippen LogP contribution in [0.25, 0.3) is 5.65 Å². The fourth-order valence-electron chi connectivity index (χ4n) is 2.36. The number of fused-ring (bicyclic) bond motifs is 1. The smallest absolute Gasteiger partial charge is 0.339 e. The Labute approximate surface area is 113 Å². The number of aromatic nitrogens is 2. The fourth-order valence-corrected chi connectivity index (χ4v) is 2.36. The van der Waals surface area contributed by atoms with Crippen LogP contribution < -0.4 is 0 Å². The zero-order valence-electron chi connectivity index (χ0n) is 11.7. The van der Waals surface area contributed by atoms with Crippen molar-refractivity contribution < 1.29 is 9.53 Å². The van der Waals surface area contributed by atoms with E-state index in [1.807, 2.05) is 16.7 Å². The molecule has 2 aromatic heterocycles. The molecule has 102 valence electrons. The summed E-state index contributed by atoms with van der Waals surface area (Å²) in [5.41, 5.74) is 2.52. The summed E-state index contributed by atoms with van der Waals surface area (Å²) < 4.78 is 6.63. The molecule has 4 heteroatoms. The molecule has 0 radical (unpaired) electrons. The summed E-state index contributed by atoms with van der Waals surface area (Å²) >= 11 is 0. The van der Waals surface area contributed by atoms with Gasteiger partial charge in [0.15, 0.2) is 0 Å². The Kier molecular flexibility index (Phi) is 4.20. The van der Waals surface area contributed by atoms with Crippen molar-refractivity contribution in [3.05, 3.63) is 35.8 Å². The Morgan fingerprint density at radius 2 is 2.16 bits per heavy atom. The third-order valence-electron chi connectivity index (χ3n) is 3.44. The molecule has 0 aliphatic heterocycles. The number of ether oxygens (including phenoxy) is 1. The highest BCUT2D eigenvalue weighted by molar-refractivity contribution is 5.89. The molecule has 0 aliphatic carbocycles. The second-order valence-corrected chi connectivity index (χ2v) is 4.73. The molecule has 0 saturated carbocycles. The highest BCUT2D eigenvalue weighted by atomic mass is 16.5. The Morgan fingerprint density at radius 1 is 1.37 bits per heavy atom. The van der Waals surface area contributed by atoms with E-state index in [2.05, 4.69) is 18.8 Å². The number of hydrogen-bond acceptors (Lipinski definition) is 3. The van der Waals surface area contributed by atoms with Crippen molar-refractivity contribution in [1.29, 1.82) is 0 Å². The van der Waals surface area contributed by atoms with Gasteiger partial charge in [-0.2, -0.15) is 0 Å². The Bertz CT molecular complexity index is 575. The summed E-state index contributed by atoms with van der Waals surface area (Å²) in [6.07, 6.45) is 7.17. The van der Waals surface area contributed by atoms with Crippen LogP contribution >= 0.6 is 0 Å². The molecule has 2 aromatic rings. The second kappa shape index (κ2) is 5.87. The summed E-state index contributed by atoms with van der Waals surface area (Å²) in [5, 5.41) is 0. The average molecular weight is 260 g/mol. The molecule has 0 bridgehead atoms. The molecule has 19 heavy (non-hydrogen) atoms. The van der Waals surface area contributed by atoms with Gasteiger partial charge in [-0.05, 0) is 25.0 Å². The van der Waals surface area contributed by atoms with Gasteiger partial charge in [0.2, 0.25) is 0 Å². The molecule has 0 saturated heterocycles. The molecule has 0 N–H and O–H groups in total. The van der Waals surface area contributed by atoms with Crippen LogP contribution in [0.15, 0.2) is 24.5 Å². The maximum absolute atomic E-state index is 11.5. The monoisotopic (exact) mass is 260 g/mol. The number of carbonyl (C=O) groups excluding carboxylic acids is 1. The normalized spacial score (nSPS) is 12.6. The van der Waals surface area contributed by atoms with Gasteiger partial charge in [0.05, 0.1) is 18.4 Å². The van der Waals surface area contributed by atoms with Crippen LogP contribution in [0, 0.1) is 0 Å². The Balaban J connectivity index is 2.37. The second-order valence-electron chi connectivity index (χ2n) is 4.73. The lowest BCUT2D eigenvalue weighted by Gasteiger charge is -2.09. The lowest BCUT2D eigenvalue weighted by atomic mass is 9.98. The van der Waals surface area contributed by atoms with E-state index in [0.29, 0.717) is 11.5 Å². The molecule has 0 fully saturated rings. The number of pyridine rings is 1. The number of esters is 1. The third-order valence-corrected chi connectivity index (χ3v) is 3.44. The molecule has 2 heterocycles. The van der Waals surface area contributed by atoms with E-state index < -0.39 is 0 Å². The summed E-state index contributed by atoms with van der Waals surface area (Å²) in [7, 11) is 1.39. The van der Waals surface area contributed by atoms with E-state index in [0.717, 1.165) is 30.6 Å². The first-order valence-electron chi connectivity index (χ1n) is 6.76. The first kappa shape index (κ1) is 13.6. The molecule has 1 atom stereocenters. The van der Waals surface area contributed by atoms with Crippen LogP contribution in [0.2, 0.25) is 0 Å². The quantitative estimate of drug-likeness (QED) is 0.774. The van der Waals surface area contributed by atoms with Crippen molar-refractivity contribution in [3.63, 3.8) is 0 Å². The van der Waals surface area contributed by atoms with Gasteiger partial charge in [-0.25, -0.2) is 9.78 Å². The molecule has 2 rings (SSSR count). The summed E-state index contributed by atoms with van der Waals surface area (Å²) in [5.74, 6) is 0.171. The van der Waals surface area contributed by atoms with Crippen molar-refractivity contribution in [3.8, 4) is 0 Å². The summed E-state index contributed by atoms with van der Waals surface area (Å²) in [6, 6.07) is 3.60. The van der Waals surface area contributed by atoms with Crippen molar-refractivity contribution >= 4 is 11.6 Å². The lowest BCUT2D eigenvalue weighted by Crippen LogP contribution is -2.02. The maximum atomic E-state index is 11.5. The predicted molar refractivity (Wildman–Crippen MR) is 74.5 cm³/mol. The maximum Gasteiger partial charge on any atom is 0.339 e. The van der Waals surface area contributed by atoms with Gasteiger partial charge in [0, 0.05) is 18.3 Å². The summed E-state index contributed by atoms with van der Waals surface area (Å²) in [4.78, 5) is 16.1. The molecular formula is C15H20N2O2. The fraction of sp³-hybridized carbons (Fsp3) is 0.467. The summed E-state index contributed by atoms with van der Waals surface area (Å²) in [6.45, 7) is 4.37. The highest BCUT2D eigenvalue weighted by Gasteiger charge is 2.13. The van der Waals surface area contributed by atoms with E-state index in [-0.39, 0.29) is 5.97 Å². The number of rotatable bonds is 5. The molecule has 1 unspecified atom stereocenters. The van der Waals surface area contributed by atoms with Gasteiger partial charge in [-0.3, -0.25) is 0 Å². The van der Waals surface area contributed by atoms with Crippen LogP contribution in [0.4, 0.5) is 0 Å². The van der Waals surface area contributed by atoms with Gasteiger partial charge < -0.3 is 9.14 Å². The third kappa shape index (κ3) is 2.78. The van der Waals surface area contributed by atoms with Gasteiger partial charge >= 0.3 is 5.97 Å². The topological polar surface area (TPSA) is 43.6 Å². The number of hydrogen-bond donors (Lipinski definition) is 0. The van der Waals surface area contributed by atoms with Gasteiger partial charge in [0.25, 0.3) is 0 Å². The van der Waals surface area contributed by atoms with Crippen molar-refractivity contribution in [2.24, 2.45) is 0 Å². The first-order chi connectivity index (χ1) is 9.19. The molecule has 0 spiro atoms. The van der Waals surface area contributed by atoms with Crippen molar-refractivity contribution in [1.82, 2.24) is 9.38 Å². The number of imidazole rings is 1. The molecule has 0 aliphatic rings. The van der Waals surface area contributed by atoms with Gasteiger partial charge in [-0.1, -0.05) is 20.3 Å². The van der Waals surface area contributed by atoms with Crippen LogP contribution in [0.3, 0.4) is 0 Å². The van der Waals surface area contributed by atoms with E-state index in [1.54, 1.807) is 12.3 Å². The number of carbonyl (C=O) groups is 1. The largest absolute Gasteiger partial charge is 0.465 e. The van der Waals surface area contributed by atoms with E-state index in [4.69, 9.17) is 4.74 Å². The number of nitrogens with zero attached hydrogens (tertiary/aromatic N) is 2. The Hall–Kier alpha value is -1.84. The minimum absolute atomic E-state index is 0.322. The van der Waals surface area contributed by atoms with Crippen molar-refractivity contribution in [2.45, 2.75) is 39.0 Å². The van der Waals surface area contributed by atoms with Crippen LogP contribution in [-0.2, 0) is 4.74 Å². The first-order valence-corrected chi connectivity index (χ1v) is 6.76. The highest BCUT2D eigenvalue weighted by Crippen LogP contribution is 2.24. The van der Waals surface area contributed by atoms with Gasteiger partial charge in [-0.15, -0.1) is 0 Å². The SMILES string of the molecule is CCCC(CC)c1cn2cc(C(=O)OC)ccc2n1. The minimum Gasteiger partial charge on any atom is -0.465 e. The molecule has 0 amide bonds. The number of methoxy groups -OCH3 is 1. The van der Waals surface area contributed by atoms with E-state index in [1.165, 1.54) is 7.11 Å². The van der Waals surface area contributed by atoms with Gasteiger partial charge in [0.1, 0.15) is 5.65 Å².